The van der Waals surface area contributed by atoms with Crippen molar-refractivity contribution < 1.29 is 14.0 Å². The van der Waals surface area contributed by atoms with Gasteiger partial charge < -0.3 is 15.5 Å². The van der Waals surface area contributed by atoms with Gasteiger partial charge in [0.25, 0.3) is 5.91 Å². The fourth-order valence-electron chi connectivity index (χ4n) is 2.79. The zero-order valence-corrected chi connectivity index (χ0v) is 11.0. The number of nitrogens with one attached hydrogen (secondary N) is 2. The van der Waals surface area contributed by atoms with Crippen molar-refractivity contribution in [2.75, 3.05) is 19.6 Å². The minimum atomic E-state index is -0.348. The van der Waals surface area contributed by atoms with Crippen LogP contribution in [0.1, 0.15) is 23.2 Å². The molecule has 2 aliphatic heterocycles. The molecule has 0 saturated carbocycles. The molecule has 2 heterocycles. The third kappa shape index (κ3) is 2.33. The SMILES string of the molecule is O=C1NCC2(CCN(C(=O)c3ccc(F)cc3)CC2)N1. The number of carbonyl (C=O) groups is 2. The van der Waals surface area contributed by atoms with Gasteiger partial charge in [0.05, 0.1) is 5.54 Å². The van der Waals surface area contributed by atoms with E-state index in [1.165, 1.54) is 24.3 Å². The van der Waals surface area contributed by atoms with Crippen LogP contribution in [0.5, 0.6) is 0 Å². The van der Waals surface area contributed by atoms with Crippen LogP contribution < -0.4 is 10.6 Å². The number of hydrogen-bond acceptors (Lipinski definition) is 2. The molecule has 106 valence electrons. The van der Waals surface area contributed by atoms with Gasteiger partial charge in [-0.1, -0.05) is 0 Å². The van der Waals surface area contributed by atoms with E-state index >= 15 is 0 Å². The molecule has 2 fully saturated rings. The molecule has 0 unspecified atom stereocenters. The second-order valence-electron chi connectivity index (χ2n) is 5.39. The van der Waals surface area contributed by atoms with Crippen LogP contribution in [0.4, 0.5) is 9.18 Å². The topological polar surface area (TPSA) is 61.4 Å². The molecule has 0 bridgehead atoms. The largest absolute Gasteiger partial charge is 0.338 e. The highest BCUT2D eigenvalue weighted by Crippen LogP contribution is 2.25. The summed E-state index contributed by atoms with van der Waals surface area (Å²) in [6, 6.07) is 5.45. The molecule has 0 aliphatic carbocycles. The first kappa shape index (κ1) is 12.9. The fourth-order valence-corrected chi connectivity index (χ4v) is 2.79. The number of likely N-dealkylation sites (tertiary alicyclic amines) is 1. The van der Waals surface area contributed by atoms with E-state index in [0.717, 1.165) is 12.8 Å². The van der Waals surface area contributed by atoms with Gasteiger partial charge in [-0.2, -0.15) is 0 Å². The van der Waals surface area contributed by atoms with E-state index in [1.807, 2.05) is 0 Å². The number of halogens is 1. The van der Waals surface area contributed by atoms with Crippen LogP contribution in [0.3, 0.4) is 0 Å². The van der Waals surface area contributed by atoms with Gasteiger partial charge in [0, 0.05) is 25.2 Å². The summed E-state index contributed by atoms with van der Waals surface area (Å²) in [5.41, 5.74) is 0.285. The lowest BCUT2D eigenvalue weighted by atomic mass is 9.88. The van der Waals surface area contributed by atoms with Crippen LogP contribution in [0.15, 0.2) is 24.3 Å². The van der Waals surface area contributed by atoms with Crippen molar-refractivity contribution in [2.45, 2.75) is 18.4 Å². The summed E-state index contributed by atoms with van der Waals surface area (Å²) in [5, 5.41) is 5.71. The van der Waals surface area contributed by atoms with Gasteiger partial charge in [0.15, 0.2) is 0 Å². The first-order chi connectivity index (χ1) is 9.58. The Labute approximate surface area is 116 Å². The Balaban J connectivity index is 1.64. The second-order valence-corrected chi connectivity index (χ2v) is 5.39. The monoisotopic (exact) mass is 277 g/mol. The van der Waals surface area contributed by atoms with E-state index in [0.29, 0.717) is 25.2 Å². The number of urea groups is 1. The van der Waals surface area contributed by atoms with Crippen molar-refractivity contribution in [2.24, 2.45) is 0 Å². The Bertz CT molecular complexity index is 536. The van der Waals surface area contributed by atoms with Crippen molar-refractivity contribution in [3.05, 3.63) is 35.6 Å². The molecule has 1 aromatic carbocycles. The van der Waals surface area contributed by atoms with E-state index in [1.54, 1.807) is 4.90 Å². The van der Waals surface area contributed by atoms with Gasteiger partial charge in [-0.25, -0.2) is 9.18 Å². The summed E-state index contributed by atoms with van der Waals surface area (Å²) in [5.74, 6) is -0.434. The fraction of sp³-hybridized carbons (Fsp3) is 0.429. The number of amides is 3. The maximum Gasteiger partial charge on any atom is 0.315 e. The summed E-state index contributed by atoms with van der Waals surface area (Å²) in [7, 11) is 0. The zero-order valence-electron chi connectivity index (χ0n) is 11.0. The minimum Gasteiger partial charge on any atom is -0.338 e. The highest BCUT2D eigenvalue weighted by atomic mass is 19.1. The van der Waals surface area contributed by atoms with E-state index in [2.05, 4.69) is 10.6 Å². The molecule has 1 aromatic rings. The van der Waals surface area contributed by atoms with E-state index < -0.39 is 0 Å². The Morgan fingerprint density at radius 2 is 1.85 bits per heavy atom. The molecule has 0 aromatic heterocycles. The molecule has 6 heteroatoms. The van der Waals surface area contributed by atoms with Crippen LogP contribution in [0, 0.1) is 5.82 Å². The lowest BCUT2D eigenvalue weighted by Gasteiger charge is -2.38. The van der Waals surface area contributed by atoms with Crippen molar-refractivity contribution >= 4 is 11.9 Å². The molecular weight excluding hydrogens is 261 g/mol. The first-order valence-electron chi connectivity index (χ1n) is 6.69. The average Bonchev–Trinajstić information content (AvgIpc) is 2.81. The van der Waals surface area contributed by atoms with Gasteiger partial charge >= 0.3 is 6.03 Å². The highest BCUT2D eigenvalue weighted by Gasteiger charge is 2.41. The predicted octanol–water partition coefficient (Wildman–Crippen LogP) is 1.11. The Kier molecular flexibility index (Phi) is 3.08. The molecule has 2 aliphatic rings. The lowest BCUT2D eigenvalue weighted by Crippen LogP contribution is -2.53. The molecule has 2 saturated heterocycles. The number of rotatable bonds is 1. The normalized spacial score (nSPS) is 20.6. The second kappa shape index (κ2) is 4.77. The average molecular weight is 277 g/mol. The summed E-state index contributed by atoms with van der Waals surface area (Å²) in [6.07, 6.45) is 1.47. The van der Waals surface area contributed by atoms with Crippen LogP contribution in [-0.4, -0.2) is 42.0 Å². The smallest absolute Gasteiger partial charge is 0.315 e. The van der Waals surface area contributed by atoms with Crippen LogP contribution in [0.25, 0.3) is 0 Å². The summed E-state index contributed by atoms with van der Waals surface area (Å²) in [6.45, 7) is 1.81. The molecular formula is C14H16FN3O2. The van der Waals surface area contributed by atoms with Gasteiger partial charge in [-0.05, 0) is 37.1 Å². The maximum atomic E-state index is 12.9. The molecule has 0 radical (unpaired) electrons. The van der Waals surface area contributed by atoms with Crippen molar-refractivity contribution in [3.63, 3.8) is 0 Å². The quantitative estimate of drug-likeness (QED) is 0.808. The van der Waals surface area contributed by atoms with Crippen molar-refractivity contribution in [3.8, 4) is 0 Å². The summed E-state index contributed by atoms with van der Waals surface area (Å²) in [4.78, 5) is 25.3. The first-order valence-corrected chi connectivity index (χ1v) is 6.69. The molecule has 3 rings (SSSR count). The van der Waals surface area contributed by atoms with Crippen LogP contribution in [0.2, 0.25) is 0 Å². The third-order valence-electron chi connectivity index (χ3n) is 4.06. The van der Waals surface area contributed by atoms with E-state index in [-0.39, 0.29) is 23.3 Å². The van der Waals surface area contributed by atoms with Gasteiger partial charge in [0.1, 0.15) is 5.82 Å². The minimum absolute atomic E-state index is 0.0860. The lowest BCUT2D eigenvalue weighted by molar-refractivity contribution is 0.0667. The van der Waals surface area contributed by atoms with Crippen LogP contribution in [-0.2, 0) is 0 Å². The van der Waals surface area contributed by atoms with Gasteiger partial charge in [-0.3, -0.25) is 4.79 Å². The number of carbonyl (C=O) groups excluding carboxylic acids is 2. The molecule has 0 atom stereocenters. The van der Waals surface area contributed by atoms with Gasteiger partial charge in [0.2, 0.25) is 0 Å². The molecule has 2 N–H and O–H groups in total. The molecule has 5 nitrogen and oxygen atoms in total. The Morgan fingerprint density at radius 3 is 2.40 bits per heavy atom. The molecule has 20 heavy (non-hydrogen) atoms. The van der Waals surface area contributed by atoms with E-state index in [9.17, 15) is 14.0 Å². The zero-order chi connectivity index (χ0) is 14.2. The predicted molar refractivity (Wildman–Crippen MR) is 70.8 cm³/mol. The Morgan fingerprint density at radius 1 is 1.20 bits per heavy atom. The summed E-state index contributed by atoms with van der Waals surface area (Å²) < 4.78 is 12.9. The van der Waals surface area contributed by atoms with Crippen molar-refractivity contribution in [1.29, 1.82) is 0 Å². The van der Waals surface area contributed by atoms with Crippen LogP contribution >= 0.6 is 0 Å². The molecule has 3 amide bonds. The standard InChI is InChI=1S/C14H16FN3O2/c15-11-3-1-10(2-4-11)12(19)18-7-5-14(6-8-18)9-16-13(20)17-14/h1-4H,5-9H2,(H2,16,17,20). The maximum absolute atomic E-state index is 12.9. The highest BCUT2D eigenvalue weighted by molar-refractivity contribution is 5.94. The van der Waals surface area contributed by atoms with Crippen molar-refractivity contribution in [1.82, 2.24) is 15.5 Å². The summed E-state index contributed by atoms with van der Waals surface area (Å²) >= 11 is 0. The number of hydrogen-bond donors (Lipinski definition) is 2. The third-order valence-corrected chi connectivity index (χ3v) is 4.06. The number of nitrogens with zero attached hydrogens (tertiary/aromatic N) is 1. The van der Waals surface area contributed by atoms with Gasteiger partial charge in [-0.15, -0.1) is 0 Å². The van der Waals surface area contributed by atoms with E-state index in [4.69, 9.17) is 0 Å². The number of benzene rings is 1. The molecule has 1 spiro atoms. The number of piperidine rings is 1. The Hall–Kier alpha value is -2.11.